The van der Waals surface area contributed by atoms with Crippen molar-refractivity contribution in [1.82, 2.24) is 0 Å². The lowest BCUT2D eigenvalue weighted by Crippen LogP contribution is -2.30. The van der Waals surface area contributed by atoms with Gasteiger partial charge >= 0.3 is 39.5 Å². The Hall–Kier alpha value is -2.46. The number of allylic oxidation sites excluding steroid dienone is 4. The first-order valence-electron chi connectivity index (χ1n) is 39.6. The minimum absolute atomic E-state index is 0.0986. The second-order valence-corrected chi connectivity index (χ2v) is 29.9. The maximum atomic E-state index is 13.1. The molecule has 3 N–H and O–H groups in total. The molecule has 3 unspecified atom stereocenters. The number of hydrogen-bond donors (Lipinski definition) is 3. The van der Waals surface area contributed by atoms with Crippen molar-refractivity contribution in [3.8, 4) is 0 Å². The minimum Gasteiger partial charge on any atom is -0.462 e. The quantitative estimate of drug-likeness (QED) is 0.0169. The maximum absolute atomic E-state index is 13.1. The Balaban J connectivity index is 5.29. The molecule has 0 aliphatic heterocycles. The van der Waals surface area contributed by atoms with E-state index in [0.29, 0.717) is 25.7 Å². The molecule has 96 heavy (non-hydrogen) atoms. The number of phosphoric acid groups is 2. The molecule has 0 saturated carbocycles. The Labute approximate surface area is 586 Å². The Morgan fingerprint density at radius 3 is 0.729 bits per heavy atom. The van der Waals surface area contributed by atoms with Crippen molar-refractivity contribution in [2.75, 3.05) is 39.6 Å². The van der Waals surface area contributed by atoms with Gasteiger partial charge in [-0.2, -0.15) is 0 Å². The number of rotatable bonds is 76. The molecule has 0 radical (unpaired) electrons. The van der Waals surface area contributed by atoms with Crippen LogP contribution in [-0.2, 0) is 65.4 Å². The van der Waals surface area contributed by atoms with Crippen LogP contribution in [0.5, 0.6) is 0 Å². The SMILES string of the molecule is CCCCCC/C=C\CCCCCCCCCC(=O)O[C@H](COC(=O)CCCCCCCCCCCCCCC)COP(=O)(O)OCC(O)COP(=O)(O)OC[C@@H](COC(=O)CCCCCCC/C=C\CCCCCCCC)OC(=O)CCCCCCCCCCCCCCC. The van der Waals surface area contributed by atoms with E-state index in [2.05, 4.69) is 52.0 Å². The van der Waals surface area contributed by atoms with Gasteiger partial charge in [0.1, 0.15) is 19.3 Å². The van der Waals surface area contributed by atoms with Crippen molar-refractivity contribution in [3.63, 3.8) is 0 Å². The lowest BCUT2D eigenvalue weighted by atomic mass is 10.0. The zero-order chi connectivity index (χ0) is 70.4. The normalized spacial score (nSPS) is 14.0. The monoisotopic (exact) mass is 1410 g/mol. The van der Waals surface area contributed by atoms with Gasteiger partial charge in [0.25, 0.3) is 0 Å². The van der Waals surface area contributed by atoms with Crippen LogP contribution in [-0.4, -0.2) is 96.7 Å². The van der Waals surface area contributed by atoms with Crippen molar-refractivity contribution in [2.24, 2.45) is 0 Å². The van der Waals surface area contributed by atoms with Crippen LogP contribution in [0.2, 0.25) is 0 Å². The van der Waals surface area contributed by atoms with Gasteiger partial charge in [-0.3, -0.25) is 37.3 Å². The summed E-state index contributed by atoms with van der Waals surface area (Å²) < 4.78 is 68.6. The predicted molar refractivity (Wildman–Crippen MR) is 391 cm³/mol. The Kier molecular flexibility index (Phi) is 69.1. The zero-order valence-electron chi connectivity index (χ0n) is 61.8. The summed E-state index contributed by atoms with van der Waals surface area (Å²) in [6, 6.07) is 0. The summed E-state index contributed by atoms with van der Waals surface area (Å²) in [5.74, 6) is -2.14. The van der Waals surface area contributed by atoms with E-state index in [4.69, 9.17) is 37.0 Å². The van der Waals surface area contributed by atoms with E-state index in [9.17, 15) is 43.2 Å². The molecule has 0 aromatic rings. The van der Waals surface area contributed by atoms with Gasteiger partial charge < -0.3 is 33.8 Å². The zero-order valence-corrected chi connectivity index (χ0v) is 63.6. The van der Waals surface area contributed by atoms with E-state index >= 15 is 0 Å². The van der Waals surface area contributed by atoms with Crippen LogP contribution in [0.15, 0.2) is 24.3 Å². The van der Waals surface area contributed by atoms with Crippen molar-refractivity contribution >= 4 is 39.5 Å². The molecule has 0 aliphatic rings. The van der Waals surface area contributed by atoms with Crippen LogP contribution in [0.1, 0.15) is 387 Å². The molecule has 0 rings (SSSR count). The molecule has 5 atom stereocenters. The van der Waals surface area contributed by atoms with Gasteiger partial charge in [0.15, 0.2) is 12.2 Å². The molecule has 0 amide bonds. The Bertz CT molecular complexity index is 1920. The summed E-state index contributed by atoms with van der Waals surface area (Å²) in [5, 5.41) is 10.6. The van der Waals surface area contributed by atoms with E-state index in [0.717, 1.165) is 135 Å². The van der Waals surface area contributed by atoms with Gasteiger partial charge in [-0.05, 0) is 77.0 Å². The number of carbonyl (C=O) groups excluding carboxylic acids is 4. The molecule has 0 aromatic heterocycles. The molecule has 0 bridgehead atoms. The van der Waals surface area contributed by atoms with Crippen LogP contribution >= 0.6 is 15.6 Å². The third kappa shape index (κ3) is 70.0. The fourth-order valence-corrected chi connectivity index (χ4v) is 12.9. The van der Waals surface area contributed by atoms with Gasteiger partial charge in [0, 0.05) is 25.7 Å². The smallest absolute Gasteiger partial charge is 0.462 e. The molecule has 0 spiro atoms. The summed E-state index contributed by atoms with van der Waals surface area (Å²) in [4.78, 5) is 72.9. The average Bonchev–Trinajstić information content (AvgIpc) is 1.29. The van der Waals surface area contributed by atoms with E-state index in [1.807, 2.05) is 0 Å². The van der Waals surface area contributed by atoms with E-state index in [1.165, 1.54) is 173 Å². The molecular formula is C77H146O17P2. The molecule has 0 aromatic carbocycles. The summed E-state index contributed by atoms with van der Waals surface area (Å²) in [5.41, 5.74) is 0. The summed E-state index contributed by atoms with van der Waals surface area (Å²) in [7, 11) is -9.92. The second kappa shape index (κ2) is 71.0. The Morgan fingerprint density at radius 1 is 0.281 bits per heavy atom. The van der Waals surface area contributed by atoms with Crippen LogP contribution in [0.25, 0.3) is 0 Å². The van der Waals surface area contributed by atoms with Gasteiger partial charge in [-0.15, -0.1) is 0 Å². The molecule has 17 nitrogen and oxygen atoms in total. The molecular weight excluding hydrogens is 1260 g/mol. The highest BCUT2D eigenvalue weighted by atomic mass is 31.2. The number of aliphatic hydroxyl groups is 1. The van der Waals surface area contributed by atoms with E-state index in [1.54, 1.807) is 0 Å². The molecule has 566 valence electrons. The number of carbonyl (C=O) groups is 4. The summed E-state index contributed by atoms with van der Waals surface area (Å²) in [6.45, 7) is 4.94. The molecule has 0 aliphatic carbocycles. The van der Waals surface area contributed by atoms with E-state index in [-0.39, 0.29) is 25.7 Å². The van der Waals surface area contributed by atoms with Gasteiger partial charge in [0.05, 0.1) is 26.4 Å². The molecule has 0 heterocycles. The highest BCUT2D eigenvalue weighted by Crippen LogP contribution is 2.45. The maximum Gasteiger partial charge on any atom is 0.472 e. The third-order valence-corrected chi connectivity index (χ3v) is 19.3. The highest BCUT2D eigenvalue weighted by Gasteiger charge is 2.30. The number of unbranched alkanes of at least 4 members (excludes halogenated alkanes) is 46. The number of hydrogen-bond acceptors (Lipinski definition) is 15. The second-order valence-electron chi connectivity index (χ2n) is 27.0. The largest absolute Gasteiger partial charge is 0.472 e. The Morgan fingerprint density at radius 2 is 0.479 bits per heavy atom. The van der Waals surface area contributed by atoms with Gasteiger partial charge in [-0.1, -0.05) is 309 Å². The fourth-order valence-electron chi connectivity index (χ4n) is 11.3. The molecule has 0 saturated heterocycles. The fraction of sp³-hybridized carbons (Fsp3) is 0.896. The van der Waals surface area contributed by atoms with Gasteiger partial charge in [-0.25, -0.2) is 9.13 Å². The highest BCUT2D eigenvalue weighted by molar-refractivity contribution is 7.47. The van der Waals surface area contributed by atoms with Gasteiger partial charge in [0.2, 0.25) is 0 Å². The third-order valence-electron chi connectivity index (χ3n) is 17.4. The van der Waals surface area contributed by atoms with Crippen molar-refractivity contribution in [1.29, 1.82) is 0 Å². The number of esters is 4. The number of ether oxygens (including phenoxy) is 4. The summed E-state index contributed by atoms with van der Waals surface area (Å²) in [6.07, 6.45) is 64.4. The van der Waals surface area contributed by atoms with Crippen molar-refractivity contribution in [3.05, 3.63) is 24.3 Å². The standard InChI is InChI=1S/C77H146O17P2/c1-5-9-13-17-21-25-29-33-35-39-42-46-50-54-58-62-75(80)88-68-72(93-76(81)63-59-55-51-47-43-38-32-28-24-20-16-12-8-4)69-91-95(83,84)89-65-71(78)66-90-96(85,86)92-70-73(67-87-74(79)61-57-53-49-45-41-37-31-27-23-19-15-11-7-3)94-77(82)64-60-56-52-48-44-40-36-34-30-26-22-18-14-10-6-2/h26,30,33,35,71-73,78H,5-25,27-29,31-32,34,36-70H2,1-4H3,(H,83,84)(H,85,86)/b30-26-,35-33-/t71?,72-,73-/m1/s1. The van der Waals surface area contributed by atoms with Crippen LogP contribution in [0.4, 0.5) is 0 Å². The lowest BCUT2D eigenvalue weighted by molar-refractivity contribution is -0.161. The van der Waals surface area contributed by atoms with Crippen LogP contribution in [0, 0.1) is 0 Å². The minimum atomic E-state index is -4.96. The number of aliphatic hydroxyl groups excluding tert-OH is 1. The predicted octanol–water partition coefficient (Wildman–Crippen LogP) is 22.6. The topological polar surface area (TPSA) is 237 Å². The first-order valence-corrected chi connectivity index (χ1v) is 42.6. The lowest BCUT2D eigenvalue weighted by Gasteiger charge is -2.21. The van der Waals surface area contributed by atoms with Crippen molar-refractivity contribution in [2.45, 2.75) is 406 Å². The molecule has 19 heteroatoms. The van der Waals surface area contributed by atoms with Crippen LogP contribution < -0.4 is 0 Å². The van der Waals surface area contributed by atoms with Crippen molar-refractivity contribution < 1.29 is 80.2 Å². The number of phosphoric ester groups is 2. The van der Waals surface area contributed by atoms with E-state index < -0.39 is 97.5 Å². The first-order chi connectivity index (χ1) is 46.7. The first kappa shape index (κ1) is 93.5. The molecule has 0 fully saturated rings. The summed E-state index contributed by atoms with van der Waals surface area (Å²) >= 11 is 0. The average molecular weight is 1410 g/mol. The van der Waals surface area contributed by atoms with Crippen LogP contribution in [0.3, 0.4) is 0 Å².